The second-order valence-corrected chi connectivity index (χ2v) is 6.48. The van der Waals surface area contributed by atoms with Gasteiger partial charge in [-0.3, -0.25) is 4.79 Å². The van der Waals surface area contributed by atoms with E-state index in [1.54, 1.807) is 0 Å². The number of para-hydroxylation sites is 2. The normalized spacial score (nSPS) is 12.7. The summed E-state index contributed by atoms with van der Waals surface area (Å²) in [5, 5.41) is 3.89. The zero-order valence-electron chi connectivity index (χ0n) is 14.7. The van der Waals surface area contributed by atoms with Crippen LogP contribution in [0.1, 0.15) is 21.7 Å². The van der Waals surface area contributed by atoms with Crippen molar-refractivity contribution in [2.24, 2.45) is 0 Å². The molecule has 134 valence electrons. The smallest absolute Gasteiger partial charge is 0.287 e. The van der Waals surface area contributed by atoms with Gasteiger partial charge in [0.25, 0.3) is 5.91 Å². The molecule has 0 spiro atoms. The summed E-state index contributed by atoms with van der Waals surface area (Å²) in [6.45, 7) is 1.16. The third-order valence-electron chi connectivity index (χ3n) is 4.30. The number of nitrogens with zero attached hydrogens (tertiary/aromatic N) is 1. The number of carbonyl (C=O) groups excluding carboxylic acids is 1. The highest BCUT2D eigenvalue weighted by molar-refractivity contribution is 5.99. The molecule has 2 heterocycles. The number of furan rings is 1. The molecule has 6 nitrogen and oxygen atoms in total. The van der Waals surface area contributed by atoms with Gasteiger partial charge in [0.1, 0.15) is 5.58 Å². The lowest BCUT2D eigenvalue weighted by atomic mass is 10.1. The van der Waals surface area contributed by atoms with Crippen LogP contribution in [0.4, 0.5) is 0 Å². The summed E-state index contributed by atoms with van der Waals surface area (Å²) in [5.41, 5.74) is 2.48. The van der Waals surface area contributed by atoms with Gasteiger partial charge in [-0.15, -0.1) is 0 Å². The number of benzene rings is 2. The number of amides is 1. The molecule has 1 amide bonds. The first-order valence-electron chi connectivity index (χ1n) is 8.44. The second-order valence-electron chi connectivity index (χ2n) is 6.48. The van der Waals surface area contributed by atoms with Crippen molar-refractivity contribution in [2.45, 2.75) is 13.1 Å². The van der Waals surface area contributed by atoms with Gasteiger partial charge in [0.05, 0.1) is 0 Å². The minimum absolute atomic E-state index is 0.205. The number of hydrogen-bond donors (Lipinski definition) is 1. The maximum Gasteiger partial charge on any atom is 0.287 e. The lowest BCUT2D eigenvalue weighted by Gasteiger charge is -2.11. The number of rotatable bonds is 5. The Bertz CT molecular complexity index is 962. The third-order valence-corrected chi connectivity index (χ3v) is 4.30. The molecule has 0 atom stereocenters. The Morgan fingerprint density at radius 1 is 1.12 bits per heavy atom. The fourth-order valence-corrected chi connectivity index (χ4v) is 3.14. The molecule has 1 aromatic heterocycles. The second kappa shape index (κ2) is 6.72. The fraction of sp³-hybridized carbons (Fsp3) is 0.250. The molecule has 0 unspecified atom stereocenters. The molecule has 0 radical (unpaired) electrons. The van der Waals surface area contributed by atoms with E-state index in [-0.39, 0.29) is 12.7 Å². The molecular weight excluding hydrogens is 332 g/mol. The van der Waals surface area contributed by atoms with E-state index < -0.39 is 0 Å². The quantitative estimate of drug-likeness (QED) is 0.764. The summed E-state index contributed by atoms with van der Waals surface area (Å²) in [5.74, 6) is 1.50. The molecule has 4 rings (SSSR count). The van der Waals surface area contributed by atoms with Crippen LogP contribution in [0.15, 0.2) is 46.9 Å². The molecule has 26 heavy (non-hydrogen) atoms. The number of hydrogen-bond acceptors (Lipinski definition) is 5. The summed E-state index contributed by atoms with van der Waals surface area (Å²) in [6.07, 6.45) is 0. The van der Waals surface area contributed by atoms with Crippen LogP contribution in [0.2, 0.25) is 0 Å². The summed E-state index contributed by atoms with van der Waals surface area (Å²) < 4.78 is 16.7. The molecule has 1 N–H and O–H groups in total. The van der Waals surface area contributed by atoms with Crippen LogP contribution in [0.25, 0.3) is 11.0 Å². The summed E-state index contributed by atoms with van der Waals surface area (Å²) in [4.78, 5) is 14.8. The highest BCUT2D eigenvalue weighted by Gasteiger charge is 2.22. The van der Waals surface area contributed by atoms with E-state index >= 15 is 0 Å². The van der Waals surface area contributed by atoms with Crippen molar-refractivity contribution in [3.05, 3.63) is 59.4 Å². The Balaban J connectivity index is 1.59. The highest BCUT2D eigenvalue weighted by atomic mass is 16.7. The summed E-state index contributed by atoms with van der Waals surface area (Å²) in [6, 6.07) is 13.3. The van der Waals surface area contributed by atoms with Gasteiger partial charge < -0.3 is 24.1 Å². The average Bonchev–Trinajstić information content (AvgIpc) is 3.24. The van der Waals surface area contributed by atoms with Gasteiger partial charge in [0.2, 0.25) is 6.79 Å². The molecular formula is C20H20N2O4. The van der Waals surface area contributed by atoms with Gasteiger partial charge in [0, 0.05) is 29.6 Å². The number of nitrogens with one attached hydrogen (secondary N) is 1. The highest BCUT2D eigenvalue weighted by Crippen LogP contribution is 2.35. The van der Waals surface area contributed by atoms with Crippen molar-refractivity contribution in [3.63, 3.8) is 0 Å². The molecule has 1 aliphatic heterocycles. The van der Waals surface area contributed by atoms with E-state index in [2.05, 4.69) is 5.32 Å². The van der Waals surface area contributed by atoms with Crippen molar-refractivity contribution in [1.29, 1.82) is 0 Å². The minimum Gasteiger partial charge on any atom is -0.454 e. The van der Waals surface area contributed by atoms with Crippen LogP contribution in [0.3, 0.4) is 0 Å². The third kappa shape index (κ3) is 2.99. The van der Waals surface area contributed by atoms with Gasteiger partial charge in [-0.05, 0) is 26.2 Å². The zero-order valence-corrected chi connectivity index (χ0v) is 14.7. The van der Waals surface area contributed by atoms with Crippen LogP contribution in [-0.4, -0.2) is 31.7 Å². The molecule has 3 aromatic rings. The monoisotopic (exact) mass is 352 g/mol. The van der Waals surface area contributed by atoms with E-state index in [9.17, 15) is 4.79 Å². The first kappa shape index (κ1) is 16.5. The fourth-order valence-electron chi connectivity index (χ4n) is 3.14. The predicted octanol–water partition coefficient (Wildman–Crippen LogP) is 3.15. The Morgan fingerprint density at radius 3 is 2.81 bits per heavy atom. The van der Waals surface area contributed by atoms with E-state index in [1.807, 2.05) is 61.5 Å². The van der Waals surface area contributed by atoms with Crippen molar-refractivity contribution in [3.8, 4) is 11.5 Å². The summed E-state index contributed by atoms with van der Waals surface area (Å²) in [7, 11) is 3.93. The standard InChI is InChI=1S/C20H20N2O4/c1-22(2)11-15-14-7-3-4-8-16(14)26-19(15)20(23)21-10-13-6-5-9-17-18(13)25-12-24-17/h3-9H,10-12H2,1-2H3,(H,21,23). The predicted molar refractivity (Wildman–Crippen MR) is 97.3 cm³/mol. The molecule has 0 bridgehead atoms. The van der Waals surface area contributed by atoms with Crippen LogP contribution >= 0.6 is 0 Å². The Kier molecular flexibility index (Phi) is 4.26. The van der Waals surface area contributed by atoms with E-state index in [0.717, 1.165) is 16.5 Å². The molecule has 0 saturated carbocycles. The molecule has 2 aromatic carbocycles. The van der Waals surface area contributed by atoms with Crippen LogP contribution < -0.4 is 14.8 Å². The van der Waals surface area contributed by atoms with Crippen molar-refractivity contribution in [2.75, 3.05) is 20.9 Å². The van der Waals surface area contributed by atoms with Gasteiger partial charge in [0.15, 0.2) is 17.3 Å². The molecule has 6 heteroatoms. The van der Waals surface area contributed by atoms with Crippen molar-refractivity contribution >= 4 is 16.9 Å². The van der Waals surface area contributed by atoms with E-state index in [1.165, 1.54) is 0 Å². The maximum absolute atomic E-state index is 12.8. The SMILES string of the molecule is CN(C)Cc1c(C(=O)NCc2cccc3c2OCO3)oc2ccccc12. The topological polar surface area (TPSA) is 63.9 Å². The largest absolute Gasteiger partial charge is 0.454 e. The average molecular weight is 352 g/mol. The van der Waals surface area contributed by atoms with E-state index in [4.69, 9.17) is 13.9 Å². The number of carbonyl (C=O) groups is 1. The lowest BCUT2D eigenvalue weighted by Crippen LogP contribution is -2.24. The van der Waals surface area contributed by atoms with Gasteiger partial charge >= 0.3 is 0 Å². The number of ether oxygens (including phenoxy) is 2. The maximum atomic E-state index is 12.8. The summed E-state index contributed by atoms with van der Waals surface area (Å²) >= 11 is 0. The first-order chi connectivity index (χ1) is 12.6. The van der Waals surface area contributed by atoms with Gasteiger partial charge in [-0.2, -0.15) is 0 Å². The lowest BCUT2D eigenvalue weighted by molar-refractivity contribution is 0.0923. The van der Waals surface area contributed by atoms with Crippen LogP contribution in [-0.2, 0) is 13.1 Å². The zero-order chi connectivity index (χ0) is 18.1. The van der Waals surface area contributed by atoms with E-state index in [0.29, 0.717) is 35.9 Å². The van der Waals surface area contributed by atoms with Crippen LogP contribution in [0.5, 0.6) is 11.5 Å². The van der Waals surface area contributed by atoms with Gasteiger partial charge in [-0.1, -0.05) is 30.3 Å². The molecule has 0 saturated heterocycles. The van der Waals surface area contributed by atoms with Crippen LogP contribution in [0, 0.1) is 0 Å². The minimum atomic E-state index is -0.241. The van der Waals surface area contributed by atoms with Crippen molar-refractivity contribution in [1.82, 2.24) is 10.2 Å². The molecule has 0 aliphatic carbocycles. The van der Waals surface area contributed by atoms with Gasteiger partial charge in [-0.25, -0.2) is 0 Å². The molecule has 0 fully saturated rings. The number of fused-ring (bicyclic) bond motifs is 2. The molecule has 1 aliphatic rings. The van der Waals surface area contributed by atoms with Crippen molar-refractivity contribution < 1.29 is 18.7 Å². The first-order valence-corrected chi connectivity index (χ1v) is 8.44. The Hall–Kier alpha value is -2.99. The Morgan fingerprint density at radius 2 is 1.96 bits per heavy atom. The Labute approximate surface area is 151 Å².